The molecule has 0 aliphatic heterocycles. The highest BCUT2D eigenvalue weighted by molar-refractivity contribution is 7.92. The Morgan fingerprint density at radius 1 is 1.00 bits per heavy atom. The predicted octanol–water partition coefficient (Wildman–Crippen LogP) is 4.48. The molecule has 0 aliphatic carbocycles. The minimum absolute atomic E-state index is 0.221. The Hall–Kier alpha value is -3.52. The molecule has 1 N–H and O–H groups in total. The molecule has 2 heterocycles. The predicted molar refractivity (Wildman–Crippen MR) is 118 cm³/mol. The van der Waals surface area contributed by atoms with E-state index < -0.39 is 10.0 Å². The van der Waals surface area contributed by atoms with E-state index in [1.54, 1.807) is 42.7 Å². The van der Waals surface area contributed by atoms with Gasteiger partial charge in [0.1, 0.15) is 0 Å². The summed E-state index contributed by atoms with van der Waals surface area (Å²) in [4.78, 5) is 8.68. The van der Waals surface area contributed by atoms with E-state index in [1.807, 2.05) is 30.3 Å². The van der Waals surface area contributed by atoms with Gasteiger partial charge in [-0.15, -0.1) is 0 Å². The molecule has 158 valence electrons. The van der Waals surface area contributed by atoms with E-state index in [0.717, 1.165) is 29.5 Å². The quantitative estimate of drug-likeness (QED) is 0.439. The maximum absolute atomic E-state index is 12.9. The van der Waals surface area contributed by atoms with Crippen LogP contribution in [-0.2, 0) is 22.9 Å². The topological polar surface area (TPSA) is 98.0 Å². The van der Waals surface area contributed by atoms with E-state index in [0.29, 0.717) is 23.8 Å². The molecule has 2 aromatic heterocycles. The molecule has 0 unspecified atom stereocenters. The summed E-state index contributed by atoms with van der Waals surface area (Å²) in [7, 11) is -3.72. The largest absolute Gasteiger partial charge is 0.339 e. The van der Waals surface area contributed by atoms with E-state index in [-0.39, 0.29) is 4.90 Å². The van der Waals surface area contributed by atoms with Crippen molar-refractivity contribution in [1.82, 2.24) is 15.1 Å². The molecule has 7 nitrogen and oxygen atoms in total. The number of aryl methyl sites for hydroxylation is 1. The summed E-state index contributed by atoms with van der Waals surface area (Å²) >= 11 is 0. The average molecular weight is 435 g/mol. The van der Waals surface area contributed by atoms with E-state index in [2.05, 4.69) is 26.8 Å². The normalized spacial score (nSPS) is 11.4. The number of aromatic nitrogens is 3. The van der Waals surface area contributed by atoms with Gasteiger partial charge in [0, 0.05) is 18.0 Å². The second kappa shape index (κ2) is 9.09. The zero-order valence-corrected chi connectivity index (χ0v) is 17.8. The number of hydrogen-bond acceptors (Lipinski definition) is 6. The van der Waals surface area contributed by atoms with Crippen molar-refractivity contribution in [3.63, 3.8) is 0 Å². The fourth-order valence-corrected chi connectivity index (χ4v) is 4.30. The Morgan fingerprint density at radius 3 is 2.55 bits per heavy atom. The third-order valence-electron chi connectivity index (χ3n) is 4.76. The summed E-state index contributed by atoms with van der Waals surface area (Å²) < 4.78 is 33.8. The summed E-state index contributed by atoms with van der Waals surface area (Å²) in [6.45, 7) is 2.09. The van der Waals surface area contributed by atoms with Gasteiger partial charge in [-0.1, -0.05) is 48.8 Å². The van der Waals surface area contributed by atoms with Gasteiger partial charge in [0.25, 0.3) is 10.0 Å². The second-order valence-electron chi connectivity index (χ2n) is 7.09. The number of para-hydroxylation sites is 1. The molecule has 0 amide bonds. The number of pyridine rings is 1. The zero-order valence-electron chi connectivity index (χ0n) is 17.0. The molecule has 2 aromatic carbocycles. The van der Waals surface area contributed by atoms with Crippen molar-refractivity contribution in [2.24, 2.45) is 0 Å². The van der Waals surface area contributed by atoms with Gasteiger partial charge >= 0.3 is 0 Å². The van der Waals surface area contributed by atoms with Gasteiger partial charge in [0.2, 0.25) is 11.7 Å². The summed E-state index contributed by atoms with van der Waals surface area (Å²) in [6.07, 6.45) is 5.55. The highest BCUT2D eigenvalue weighted by Gasteiger charge is 2.17. The number of anilines is 1. The number of nitrogens with zero attached hydrogens (tertiary/aromatic N) is 3. The standard InChI is InChI=1S/C23H22N4O3S/c1-2-6-17-10-12-20(13-11-17)31(28,29)27-21-9-4-3-7-18(21)15-22-25-23(26-30-22)19-8-5-14-24-16-19/h3-5,7-14,16,27H,2,6,15H2,1H3. The van der Waals surface area contributed by atoms with Crippen LogP contribution in [0.4, 0.5) is 5.69 Å². The van der Waals surface area contributed by atoms with Crippen LogP contribution in [0.2, 0.25) is 0 Å². The first-order valence-electron chi connectivity index (χ1n) is 9.98. The maximum atomic E-state index is 12.9. The maximum Gasteiger partial charge on any atom is 0.261 e. The van der Waals surface area contributed by atoms with Crippen molar-refractivity contribution < 1.29 is 12.9 Å². The van der Waals surface area contributed by atoms with Crippen molar-refractivity contribution >= 4 is 15.7 Å². The van der Waals surface area contributed by atoms with Crippen LogP contribution >= 0.6 is 0 Å². The number of sulfonamides is 1. The first-order valence-corrected chi connectivity index (χ1v) is 11.5. The molecular formula is C23H22N4O3S. The minimum atomic E-state index is -3.72. The smallest absolute Gasteiger partial charge is 0.261 e. The van der Waals surface area contributed by atoms with Crippen LogP contribution in [0.3, 0.4) is 0 Å². The van der Waals surface area contributed by atoms with Crippen LogP contribution in [-0.4, -0.2) is 23.5 Å². The summed E-state index contributed by atoms with van der Waals surface area (Å²) in [5.74, 6) is 0.822. The molecule has 0 saturated heterocycles. The van der Waals surface area contributed by atoms with Gasteiger partial charge in [-0.25, -0.2) is 8.42 Å². The first kappa shape index (κ1) is 20.7. The lowest BCUT2D eigenvalue weighted by atomic mass is 10.1. The van der Waals surface area contributed by atoms with Gasteiger partial charge in [-0.3, -0.25) is 9.71 Å². The number of rotatable bonds is 8. The zero-order chi connectivity index (χ0) is 21.7. The fourth-order valence-electron chi connectivity index (χ4n) is 3.20. The van der Waals surface area contributed by atoms with E-state index in [9.17, 15) is 8.42 Å². The molecule has 4 rings (SSSR count). The number of nitrogens with one attached hydrogen (secondary N) is 1. The lowest BCUT2D eigenvalue weighted by Gasteiger charge is -2.12. The van der Waals surface area contributed by atoms with Gasteiger partial charge in [-0.2, -0.15) is 4.98 Å². The van der Waals surface area contributed by atoms with Crippen LogP contribution in [0.1, 0.15) is 30.4 Å². The molecule has 4 aromatic rings. The van der Waals surface area contributed by atoms with E-state index in [1.165, 1.54) is 0 Å². The highest BCUT2D eigenvalue weighted by Crippen LogP contribution is 2.23. The fraction of sp³-hybridized carbons (Fsp3) is 0.174. The second-order valence-corrected chi connectivity index (χ2v) is 8.77. The van der Waals surface area contributed by atoms with Crippen molar-refractivity contribution in [1.29, 1.82) is 0 Å². The van der Waals surface area contributed by atoms with Crippen molar-refractivity contribution in [2.45, 2.75) is 31.1 Å². The monoisotopic (exact) mass is 434 g/mol. The third kappa shape index (κ3) is 4.97. The summed E-state index contributed by atoms with van der Waals surface area (Å²) in [5, 5.41) is 3.99. The molecule has 0 aliphatic rings. The lowest BCUT2D eigenvalue weighted by Crippen LogP contribution is -2.14. The molecule has 31 heavy (non-hydrogen) atoms. The van der Waals surface area contributed by atoms with Crippen molar-refractivity contribution in [2.75, 3.05) is 4.72 Å². The first-order chi connectivity index (χ1) is 15.0. The lowest BCUT2D eigenvalue weighted by molar-refractivity contribution is 0.386. The van der Waals surface area contributed by atoms with Crippen LogP contribution in [0.5, 0.6) is 0 Å². The van der Waals surface area contributed by atoms with Crippen LogP contribution in [0.25, 0.3) is 11.4 Å². The Labute approximate surface area is 181 Å². The number of hydrogen-bond donors (Lipinski definition) is 1. The number of benzene rings is 2. The van der Waals surface area contributed by atoms with Crippen LogP contribution in [0, 0.1) is 0 Å². The molecule has 0 bridgehead atoms. The average Bonchev–Trinajstić information content (AvgIpc) is 3.25. The van der Waals surface area contributed by atoms with Gasteiger partial charge in [-0.05, 0) is 47.9 Å². The Bertz CT molecular complexity index is 1250. The molecular weight excluding hydrogens is 412 g/mol. The molecule has 0 radical (unpaired) electrons. The van der Waals surface area contributed by atoms with E-state index >= 15 is 0 Å². The summed E-state index contributed by atoms with van der Waals surface area (Å²) in [6, 6.07) is 17.8. The van der Waals surface area contributed by atoms with E-state index in [4.69, 9.17) is 4.52 Å². The van der Waals surface area contributed by atoms with Crippen LogP contribution in [0.15, 0.2) is 82.5 Å². The van der Waals surface area contributed by atoms with Gasteiger partial charge < -0.3 is 4.52 Å². The van der Waals surface area contributed by atoms with Gasteiger partial charge in [0.15, 0.2) is 0 Å². The minimum Gasteiger partial charge on any atom is -0.339 e. The Balaban J connectivity index is 1.54. The van der Waals surface area contributed by atoms with Crippen LogP contribution < -0.4 is 4.72 Å². The summed E-state index contributed by atoms with van der Waals surface area (Å²) in [5.41, 5.74) is 3.07. The van der Waals surface area contributed by atoms with Gasteiger partial charge in [0.05, 0.1) is 17.0 Å². The Kier molecular flexibility index (Phi) is 6.08. The molecule has 0 spiro atoms. The highest BCUT2D eigenvalue weighted by atomic mass is 32.2. The van der Waals surface area contributed by atoms with Crippen molar-refractivity contribution in [3.8, 4) is 11.4 Å². The molecule has 0 atom stereocenters. The Morgan fingerprint density at radius 2 is 1.81 bits per heavy atom. The SMILES string of the molecule is CCCc1ccc(S(=O)(=O)Nc2ccccc2Cc2nc(-c3cccnc3)no2)cc1. The van der Waals surface area contributed by atoms with Crippen molar-refractivity contribution in [3.05, 3.63) is 90.1 Å². The molecule has 8 heteroatoms. The molecule has 0 fully saturated rings. The molecule has 0 saturated carbocycles. The third-order valence-corrected chi connectivity index (χ3v) is 6.14.